The van der Waals surface area contributed by atoms with Crippen LogP contribution in [0.15, 0.2) is 29.3 Å². The molecule has 1 saturated heterocycles. The van der Waals surface area contributed by atoms with E-state index in [9.17, 15) is 0 Å². The van der Waals surface area contributed by atoms with Crippen molar-refractivity contribution in [3.8, 4) is 0 Å². The summed E-state index contributed by atoms with van der Waals surface area (Å²) in [5.74, 6) is 1.54. The van der Waals surface area contributed by atoms with E-state index in [2.05, 4.69) is 65.3 Å². The number of methoxy groups -OCH3 is 1. The summed E-state index contributed by atoms with van der Waals surface area (Å²) < 4.78 is 10.7. The number of likely N-dealkylation sites (tertiary alicyclic amines) is 1. The van der Waals surface area contributed by atoms with Crippen molar-refractivity contribution < 1.29 is 9.47 Å². The molecule has 1 atom stereocenters. The maximum atomic E-state index is 5.70. The molecule has 6 nitrogen and oxygen atoms in total. The first-order chi connectivity index (χ1) is 13.5. The topological polar surface area (TPSA) is 49.3 Å². The number of halogens is 1. The highest BCUT2D eigenvalue weighted by atomic mass is 127. The van der Waals surface area contributed by atoms with E-state index in [-0.39, 0.29) is 24.0 Å². The Hall–Kier alpha value is -0.900. The van der Waals surface area contributed by atoms with Crippen LogP contribution in [-0.2, 0) is 22.6 Å². The zero-order chi connectivity index (χ0) is 20.4. The van der Waals surface area contributed by atoms with Gasteiger partial charge in [-0.25, -0.2) is 0 Å². The molecule has 7 heteroatoms. The number of aliphatic imine (C=N–C) groups is 1. The van der Waals surface area contributed by atoms with E-state index in [1.54, 1.807) is 7.11 Å². The van der Waals surface area contributed by atoms with E-state index in [0.29, 0.717) is 25.2 Å². The molecule has 0 bridgehead atoms. The van der Waals surface area contributed by atoms with Crippen molar-refractivity contribution in [3.05, 3.63) is 35.4 Å². The predicted molar refractivity (Wildman–Crippen MR) is 131 cm³/mol. The van der Waals surface area contributed by atoms with E-state index in [1.165, 1.54) is 11.1 Å². The summed E-state index contributed by atoms with van der Waals surface area (Å²) in [5.41, 5.74) is 2.70. The van der Waals surface area contributed by atoms with Crippen molar-refractivity contribution in [2.45, 2.75) is 39.4 Å². The first-order valence-corrected chi connectivity index (χ1v) is 10.3. The van der Waals surface area contributed by atoms with Crippen LogP contribution >= 0.6 is 24.0 Å². The Kier molecular flexibility index (Phi) is 12.8. The average Bonchev–Trinajstić information content (AvgIpc) is 3.15. The Morgan fingerprint density at radius 3 is 2.66 bits per heavy atom. The number of hydrogen-bond acceptors (Lipinski definition) is 4. The average molecular weight is 518 g/mol. The van der Waals surface area contributed by atoms with Gasteiger partial charge >= 0.3 is 0 Å². The summed E-state index contributed by atoms with van der Waals surface area (Å²) in [6.07, 6.45) is 1.14. The van der Waals surface area contributed by atoms with Crippen LogP contribution in [0.5, 0.6) is 0 Å². The van der Waals surface area contributed by atoms with Gasteiger partial charge in [0.05, 0.1) is 19.8 Å². The lowest BCUT2D eigenvalue weighted by Crippen LogP contribution is -2.40. The standard InChI is InChI=1S/C22H38N4O2.HI/c1-18(2)25(4)16-21-9-7-6-8-20(21)14-24-22(23-3)26-11-10-19(15-26)17-28-13-12-27-5;/h6-9,18-19H,10-17H2,1-5H3,(H,23,24);1H. The van der Waals surface area contributed by atoms with Crippen molar-refractivity contribution in [3.63, 3.8) is 0 Å². The Bertz CT molecular complexity index is 612. The number of ether oxygens (including phenoxy) is 2. The second kappa shape index (κ2) is 14.2. The molecule has 29 heavy (non-hydrogen) atoms. The Morgan fingerprint density at radius 1 is 1.28 bits per heavy atom. The van der Waals surface area contributed by atoms with Gasteiger partial charge in [-0.05, 0) is 38.4 Å². The van der Waals surface area contributed by atoms with Crippen molar-refractivity contribution in [1.29, 1.82) is 0 Å². The molecule has 2 rings (SSSR count). The molecule has 1 unspecified atom stereocenters. The van der Waals surface area contributed by atoms with Crippen molar-refractivity contribution in [2.75, 3.05) is 54.1 Å². The molecule has 0 radical (unpaired) electrons. The summed E-state index contributed by atoms with van der Waals surface area (Å²) in [6, 6.07) is 9.20. The van der Waals surface area contributed by atoms with Crippen LogP contribution in [0, 0.1) is 5.92 Å². The zero-order valence-corrected chi connectivity index (χ0v) is 21.0. The Balaban J connectivity index is 0.00000420. The quantitative estimate of drug-likeness (QED) is 0.223. The highest BCUT2D eigenvalue weighted by Gasteiger charge is 2.25. The third-order valence-corrected chi connectivity index (χ3v) is 5.44. The maximum Gasteiger partial charge on any atom is 0.193 e. The molecule has 1 aliphatic heterocycles. The molecule has 1 aliphatic rings. The van der Waals surface area contributed by atoms with Gasteiger partial charge in [-0.3, -0.25) is 9.89 Å². The molecule has 0 amide bonds. The largest absolute Gasteiger partial charge is 0.382 e. The van der Waals surface area contributed by atoms with Crippen molar-refractivity contribution in [1.82, 2.24) is 15.1 Å². The van der Waals surface area contributed by atoms with Gasteiger partial charge in [-0.1, -0.05) is 24.3 Å². The summed E-state index contributed by atoms with van der Waals surface area (Å²) >= 11 is 0. The molecule has 1 aromatic carbocycles. The molecule has 166 valence electrons. The molecule has 1 aromatic rings. The van der Waals surface area contributed by atoms with Crippen LogP contribution in [0.25, 0.3) is 0 Å². The molecular weight excluding hydrogens is 479 g/mol. The SMILES string of the molecule is CN=C(NCc1ccccc1CN(C)C(C)C)N1CCC(COCCOC)C1.I. The molecule has 1 fully saturated rings. The normalized spacial score (nSPS) is 17.1. The fraction of sp³-hybridized carbons (Fsp3) is 0.682. The number of nitrogens with zero attached hydrogens (tertiary/aromatic N) is 3. The number of hydrogen-bond donors (Lipinski definition) is 1. The lowest BCUT2D eigenvalue weighted by Gasteiger charge is -2.24. The van der Waals surface area contributed by atoms with Gasteiger partial charge in [-0.15, -0.1) is 24.0 Å². The van der Waals surface area contributed by atoms with Crippen LogP contribution in [0.4, 0.5) is 0 Å². The Morgan fingerprint density at radius 2 is 2.00 bits per heavy atom. The lowest BCUT2D eigenvalue weighted by atomic mass is 10.1. The van der Waals surface area contributed by atoms with E-state index in [1.807, 2.05) is 7.05 Å². The first kappa shape index (κ1) is 26.1. The third kappa shape index (κ3) is 8.78. The molecule has 1 heterocycles. The number of benzene rings is 1. The summed E-state index contributed by atoms with van der Waals surface area (Å²) in [5, 5.41) is 3.56. The first-order valence-electron chi connectivity index (χ1n) is 10.3. The number of nitrogens with one attached hydrogen (secondary N) is 1. The van der Waals surface area contributed by atoms with Gasteiger partial charge in [0.2, 0.25) is 0 Å². The highest BCUT2D eigenvalue weighted by molar-refractivity contribution is 14.0. The summed E-state index contributed by atoms with van der Waals surface area (Å²) in [6.45, 7) is 10.3. The Labute approximate surface area is 194 Å². The van der Waals surface area contributed by atoms with Crippen LogP contribution in [0.1, 0.15) is 31.4 Å². The summed E-state index contributed by atoms with van der Waals surface area (Å²) in [4.78, 5) is 9.21. The number of rotatable bonds is 10. The molecule has 0 saturated carbocycles. The molecule has 0 aliphatic carbocycles. The summed E-state index contributed by atoms with van der Waals surface area (Å²) in [7, 11) is 5.74. The minimum atomic E-state index is 0. The number of guanidine groups is 1. The molecule has 0 spiro atoms. The predicted octanol–water partition coefficient (Wildman–Crippen LogP) is 3.21. The van der Waals surface area contributed by atoms with Crippen molar-refractivity contribution in [2.24, 2.45) is 10.9 Å². The second-order valence-corrected chi connectivity index (χ2v) is 7.85. The van der Waals surface area contributed by atoms with Crippen LogP contribution < -0.4 is 5.32 Å². The van der Waals surface area contributed by atoms with E-state index in [0.717, 1.165) is 45.2 Å². The van der Waals surface area contributed by atoms with E-state index in [4.69, 9.17) is 9.47 Å². The highest BCUT2D eigenvalue weighted by Crippen LogP contribution is 2.17. The van der Waals surface area contributed by atoms with Crippen LogP contribution in [-0.4, -0.2) is 75.9 Å². The van der Waals surface area contributed by atoms with Gasteiger partial charge in [0.15, 0.2) is 5.96 Å². The zero-order valence-electron chi connectivity index (χ0n) is 18.7. The van der Waals surface area contributed by atoms with Gasteiger partial charge in [0, 0.05) is 52.3 Å². The molecule has 0 aromatic heterocycles. The minimum absolute atomic E-state index is 0. The van der Waals surface area contributed by atoms with Crippen molar-refractivity contribution >= 4 is 29.9 Å². The fourth-order valence-corrected chi connectivity index (χ4v) is 3.40. The van der Waals surface area contributed by atoms with Gasteiger partial charge in [0.25, 0.3) is 0 Å². The molecule has 1 N–H and O–H groups in total. The monoisotopic (exact) mass is 518 g/mol. The fourth-order valence-electron chi connectivity index (χ4n) is 3.40. The van der Waals surface area contributed by atoms with Gasteiger partial charge in [0.1, 0.15) is 0 Å². The van der Waals surface area contributed by atoms with Crippen LogP contribution in [0.3, 0.4) is 0 Å². The smallest absolute Gasteiger partial charge is 0.193 e. The van der Waals surface area contributed by atoms with Gasteiger partial charge in [-0.2, -0.15) is 0 Å². The molecular formula is C22H39IN4O2. The minimum Gasteiger partial charge on any atom is -0.382 e. The van der Waals surface area contributed by atoms with Crippen LogP contribution in [0.2, 0.25) is 0 Å². The lowest BCUT2D eigenvalue weighted by molar-refractivity contribution is 0.0536. The maximum absolute atomic E-state index is 5.70. The second-order valence-electron chi connectivity index (χ2n) is 7.85. The van der Waals surface area contributed by atoms with E-state index < -0.39 is 0 Å². The third-order valence-electron chi connectivity index (χ3n) is 5.44. The van der Waals surface area contributed by atoms with Gasteiger partial charge < -0.3 is 19.7 Å². The van der Waals surface area contributed by atoms with E-state index >= 15 is 0 Å².